The monoisotopic (exact) mass is 349 g/mol. The number of nitrogens with zero attached hydrogens (tertiary/aromatic N) is 2. The second-order valence-corrected chi connectivity index (χ2v) is 7.47. The van der Waals surface area contributed by atoms with Crippen LogP contribution in [0.2, 0.25) is 0 Å². The first-order valence-electron chi connectivity index (χ1n) is 8.32. The fourth-order valence-electron chi connectivity index (χ4n) is 3.12. The Labute approximate surface area is 146 Å². The molecular formula is C18H24FN3OS. The van der Waals surface area contributed by atoms with Crippen LogP contribution < -0.4 is 10.2 Å². The number of hydrogen-bond donors (Lipinski definition) is 1. The SMILES string of the molecule is Cc1nc(CNCc2ccc(N3C[C@@H](C)O[C@@H](C)C3)c(F)c2)cs1. The first kappa shape index (κ1) is 17.3. The molecule has 0 bridgehead atoms. The van der Waals surface area contributed by atoms with Crippen LogP contribution in [-0.2, 0) is 17.8 Å². The first-order chi connectivity index (χ1) is 11.5. The standard InChI is InChI=1S/C18H24FN3OS/c1-12-9-22(10-13(2)23-12)18-5-4-15(6-17(18)19)7-20-8-16-11-24-14(3)21-16/h4-6,11-13,20H,7-10H2,1-3H3/t12-,13+. The van der Waals surface area contributed by atoms with E-state index in [2.05, 4.69) is 15.2 Å². The number of anilines is 1. The van der Waals surface area contributed by atoms with E-state index in [0.717, 1.165) is 29.4 Å². The van der Waals surface area contributed by atoms with Crippen molar-refractivity contribution < 1.29 is 9.13 Å². The van der Waals surface area contributed by atoms with Gasteiger partial charge in [-0.15, -0.1) is 11.3 Å². The maximum absolute atomic E-state index is 14.5. The predicted octanol–water partition coefficient (Wildman–Crippen LogP) is 3.49. The van der Waals surface area contributed by atoms with Gasteiger partial charge in [0, 0.05) is 31.6 Å². The number of rotatable bonds is 5. The van der Waals surface area contributed by atoms with Crippen LogP contribution in [0, 0.1) is 12.7 Å². The Balaban J connectivity index is 1.59. The van der Waals surface area contributed by atoms with E-state index in [1.54, 1.807) is 17.4 Å². The third-order valence-electron chi connectivity index (χ3n) is 4.07. The number of nitrogens with one attached hydrogen (secondary N) is 1. The van der Waals surface area contributed by atoms with Gasteiger partial charge in [-0.2, -0.15) is 0 Å². The Morgan fingerprint density at radius 2 is 2.04 bits per heavy atom. The van der Waals surface area contributed by atoms with E-state index >= 15 is 0 Å². The molecule has 6 heteroatoms. The number of thiazole rings is 1. The molecule has 1 N–H and O–H groups in total. The molecule has 0 spiro atoms. The summed E-state index contributed by atoms with van der Waals surface area (Å²) in [6.07, 6.45) is 0.243. The van der Waals surface area contributed by atoms with E-state index in [4.69, 9.17) is 4.74 Å². The normalized spacial score (nSPS) is 21.2. The van der Waals surface area contributed by atoms with Crippen LogP contribution in [0.3, 0.4) is 0 Å². The molecule has 0 amide bonds. The zero-order valence-corrected chi connectivity index (χ0v) is 15.2. The number of ether oxygens (including phenoxy) is 1. The molecule has 1 aromatic heterocycles. The lowest BCUT2D eigenvalue weighted by molar-refractivity contribution is -0.00539. The molecule has 1 saturated heterocycles. The van der Waals surface area contributed by atoms with Crippen LogP contribution in [0.5, 0.6) is 0 Å². The van der Waals surface area contributed by atoms with Gasteiger partial charge in [0.25, 0.3) is 0 Å². The second kappa shape index (κ2) is 7.59. The second-order valence-electron chi connectivity index (χ2n) is 6.41. The van der Waals surface area contributed by atoms with Crippen molar-refractivity contribution >= 4 is 17.0 Å². The quantitative estimate of drug-likeness (QED) is 0.897. The van der Waals surface area contributed by atoms with Crippen molar-refractivity contribution in [2.75, 3.05) is 18.0 Å². The Morgan fingerprint density at radius 1 is 1.29 bits per heavy atom. The van der Waals surface area contributed by atoms with Gasteiger partial charge in [-0.1, -0.05) is 6.07 Å². The van der Waals surface area contributed by atoms with Crippen molar-refractivity contribution in [3.05, 3.63) is 45.7 Å². The molecular weight excluding hydrogens is 325 g/mol. The third kappa shape index (κ3) is 4.32. The van der Waals surface area contributed by atoms with Gasteiger partial charge in [0.2, 0.25) is 0 Å². The average Bonchev–Trinajstić information content (AvgIpc) is 2.92. The van der Waals surface area contributed by atoms with E-state index in [0.29, 0.717) is 18.8 Å². The molecule has 130 valence electrons. The Hall–Kier alpha value is -1.50. The van der Waals surface area contributed by atoms with Gasteiger partial charge in [0.1, 0.15) is 5.82 Å². The average molecular weight is 349 g/mol. The van der Waals surface area contributed by atoms with Gasteiger partial charge in [0.15, 0.2) is 0 Å². The van der Waals surface area contributed by atoms with Gasteiger partial charge in [0.05, 0.1) is 28.6 Å². The van der Waals surface area contributed by atoms with E-state index < -0.39 is 0 Å². The molecule has 0 saturated carbocycles. The zero-order chi connectivity index (χ0) is 17.1. The predicted molar refractivity (Wildman–Crippen MR) is 96.0 cm³/mol. The van der Waals surface area contributed by atoms with Gasteiger partial charge >= 0.3 is 0 Å². The molecule has 0 unspecified atom stereocenters. The van der Waals surface area contributed by atoms with Crippen molar-refractivity contribution in [3.8, 4) is 0 Å². The minimum absolute atomic E-state index is 0.121. The lowest BCUT2D eigenvalue weighted by Crippen LogP contribution is -2.45. The number of benzene rings is 1. The summed E-state index contributed by atoms with van der Waals surface area (Å²) in [6.45, 7) is 8.83. The van der Waals surface area contributed by atoms with Gasteiger partial charge in [-0.3, -0.25) is 0 Å². The highest BCUT2D eigenvalue weighted by molar-refractivity contribution is 7.09. The lowest BCUT2D eigenvalue weighted by atomic mass is 10.1. The van der Waals surface area contributed by atoms with Crippen LogP contribution in [-0.4, -0.2) is 30.3 Å². The fourth-order valence-corrected chi connectivity index (χ4v) is 3.73. The van der Waals surface area contributed by atoms with Gasteiger partial charge < -0.3 is 15.0 Å². The smallest absolute Gasteiger partial charge is 0.146 e. The van der Waals surface area contributed by atoms with Crippen LogP contribution in [0.25, 0.3) is 0 Å². The molecule has 24 heavy (non-hydrogen) atoms. The first-order valence-corrected chi connectivity index (χ1v) is 9.20. The van der Waals surface area contributed by atoms with Crippen molar-refractivity contribution in [1.82, 2.24) is 10.3 Å². The lowest BCUT2D eigenvalue weighted by Gasteiger charge is -2.37. The molecule has 0 radical (unpaired) electrons. The number of hydrogen-bond acceptors (Lipinski definition) is 5. The molecule has 3 rings (SSSR count). The van der Waals surface area contributed by atoms with Gasteiger partial charge in [-0.25, -0.2) is 9.37 Å². The molecule has 0 aliphatic carbocycles. The molecule has 4 nitrogen and oxygen atoms in total. The van der Waals surface area contributed by atoms with Crippen LogP contribution in [0.15, 0.2) is 23.6 Å². The minimum atomic E-state index is -0.167. The maximum atomic E-state index is 14.5. The number of morpholine rings is 1. The largest absolute Gasteiger partial charge is 0.372 e. The molecule has 1 aliphatic heterocycles. The Morgan fingerprint density at radius 3 is 2.67 bits per heavy atom. The summed E-state index contributed by atoms with van der Waals surface area (Å²) in [7, 11) is 0. The van der Waals surface area contributed by atoms with E-state index in [1.807, 2.05) is 38.3 Å². The molecule has 2 heterocycles. The summed E-state index contributed by atoms with van der Waals surface area (Å²) >= 11 is 1.64. The van der Waals surface area contributed by atoms with Crippen LogP contribution in [0.1, 0.15) is 30.1 Å². The maximum Gasteiger partial charge on any atom is 0.146 e. The highest BCUT2D eigenvalue weighted by atomic mass is 32.1. The molecule has 2 atom stereocenters. The fraction of sp³-hybridized carbons (Fsp3) is 0.500. The number of halogens is 1. The van der Waals surface area contributed by atoms with E-state index in [9.17, 15) is 4.39 Å². The summed E-state index contributed by atoms with van der Waals surface area (Å²) in [6, 6.07) is 5.49. The summed E-state index contributed by atoms with van der Waals surface area (Å²) in [5.41, 5.74) is 2.64. The molecule has 1 aliphatic rings. The zero-order valence-electron chi connectivity index (χ0n) is 14.4. The van der Waals surface area contributed by atoms with Gasteiger partial charge in [-0.05, 0) is 38.5 Å². The van der Waals surface area contributed by atoms with Crippen LogP contribution in [0.4, 0.5) is 10.1 Å². The third-order valence-corrected chi connectivity index (χ3v) is 4.90. The van der Waals surface area contributed by atoms with Crippen molar-refractivity contribution in [3.63, 3.8) is 0 Å². The Bertz CT molecular complexity index is 681. The van der Waals surface area contributed by atoms with Crippen molar-refractivity contribution in [2.45, 2.75) is 46.1 Å². The highest BCUT2D eigenvalue weighted by Gasteiger charge is 2.24. The van der Waals surface area contributed by atoms with E-state index in [1.165, 1.54) is 0 Å². The number of aromatic nitrogens is 1. The Kier molecular flexibility index (Phi) is 5.48. The van der Waals surface area contributed by atoms with Crippen molar-refractivity contribution in [1.29, 1.82) is 0 Å². The van der Waals surface area contributed by atoms with Crippen LogP contribution >= 0.6 is 11.3 Å². The summed E-state index contributed by atoms with van der Waals surface area (Å²) in [5.74, 6) is -0.167. The molecule has 1 aromatic carbocycles. The molecule has 1 fully saturated rings. The minimum Gasteiger partial charge on any atom is -0.372 e. The topological polar surface area (TPSA) is 37.4 Å². The highest BCUT2D eigenvalue weighted by Crippen LogP contribution is 2.24. The number of aryl methyl sites for hydroxylation is 1. The summed E-state index contributed by atoms with van der Waals surface area (Å²) in [4.78, 5) is 6.49. The van der Waals surface area contributed by atoms with Crippen molar-refractivity contribution in [2.24, 2.45) is 0 Å². The summed E-state index contributed by atoms with van der Waals surface area (Å²) in [5, 5.41) is 6.43. The molecule has 2 aromatic rings. The van der Waals surface area contributed by atoms with E-state index in [-0.39, 0.29) is 18.0 Å². The summed E-state index contributed by atoms with van der Waals surface area (Å²) < 4.78 is 20.2.